The molecular weight excluding hydrogens is 583 g/mol. The third kappa shape index (κ3) is 5.02. The van der Waals surface area contributed by atoms with E-state index < -0.39 is 58.7 Å². The molecule has 4 aromatic carbocycles. The summed E-state index contributed by atoms with van der Waals surface area (Å²) in [6.45, 7) is -0.684. The number of rotatable bonds is 5. The Bertz CT molecular complexity index is 2040. The predicted octanol–water partition coefficient (Wildman–Crippen LogP) is 8.60. The van der Waals surface area contributed by atoms with Crippen LogP contribution in [0.5, 0.6) is 11.5 Å². The molecule has 0 atom stereocenters. The number of aromatic nitrogens is 3. The normalized spacial score (nSPS) is 11.9. The number of ether oxygens (including phenoxy) is 1. The standard InChI is InChI=1S/C30H16F7N3O3/c31-17-11-22(32)20(23(33)12-17)14-40-28(19-5-2-6-21(27(19)38-40)30(35,36)37)16-3-1-4-18(9-16)43-26-10-15-7-8-39(29(41)42)25(15)13-24(26)34/h1-13H,14H2,(H,41,42). The first-order chi connectivity index (χ1) is 20.4. The van der Waals surface area contributed by atoms with Gasteiger partial charge in [0.25, 0.3) is 0 Å². The second-order valence-corrected chi connectivity index (χ2v) is 9.49. The summed E-state index contributed by atoms with van der Waals surface area (Å²) < 4.78 is 107. The van der Waals surface area contributed by atoms with Crippen molar-refractivity contribution < 1.29 is 45.4 Å². The first-order valence-corrected chi connectivity index (χ1v) is 12.4. The molecule has 43 heavy (non-hydrogen) atoms. The molecule has 13 heteroatoms. The van der Waals surface area contributed by atoms with Crippen molar-refractivity contribution in [2.45, 2.75) is 12.7 Å². The summed E-state index contributed by atoms with van der Waals surface area (Å²) in [5.74, 6) is -4.77. The molecule has 2 heterocycles. The van der Waals surface area contributed by atoms with Crippen molar-refractivity contribution in [1.29, 1.82) is 0 Å². The molecule has 0 amide bonds. The van der Waals surface area contributed by atoms with Crippen LogP contribution in [-0.4, -0.2) is 25.5 Å². The van der Waals surface area contributed by atoms with E-state index in [4.69, 9.17) is 4.74 Å². The molecule has 6 nitrogen and oxygen atoms in total. The van der Waals surface area contributed by atoms with Gasteiger partial charge < -0.3 is 9.84 Å². The van der Waals surface area contributed by atoms with Crippen LogP contribution in [0.15, 0.2) is 79.0 Å². The average molecular weight is 599 g/mol. The number of hydrogen-bond donors (Lipinski definition) is 1. The number of halogens is 7. The minimum absolute atomic E-state index is 0.00230. The van der Waals surface area contributed by atoms with Crippen molar-refractivity contribution in [2.24, 2.45) is 0 Å². The van der Waals surface area contributed by atoms with Gasteiger partial charge in [-0.1, -0.05) is 24.3 Å². The Morgan fingerprint density at radius 3 is 2.30 bits per heavy atom. The molecule has 1 N–H and O–H groups in total. The van der Waals surface area contributed by atoms with Crippen LogP contribution in [0.25, 0.3) is 33.1 Å². The van der Waals surface area contributed by atoms with Crippen LogP contribution in [0.3, 0.4) is 0 Å². The molecule has 0 aliphatic heterocycles. The molecule has 0 aliphatic rings. The zero-order valence-electron chi connectivity index (χ0n) is 21.5. The second-order valence-electron chi connectivity index (χ2n) is 9.49. The molecule has 0 spiro atoms. The van der Waals surface area contributed by atoms with Crippen LogP contribution >= 0.6 is 0 Å². The van der Waals surface area contributed by atoms with Gasteiger partial charge in [-0.2, -0.15) is 18.3 Å². The highest BCUT2D eigenvalue weighted by Gasteiger charge is 2.35. The molecule has 2 aromatic heterocycles. The second kappa shape index (κ2) is 10.2. The summed E-state index contributed by atoms with van der Waals surface area (Å²) in [4.78, 5) is 11.4. The molecule has 218 valence electrons. The van der Waals surface area contributed by atoms with Gasteiger partial charge in [-0.15, -0.1) is 0 Å². The van der Waals surface area contributed by atoms with E-state index in [0.29, 0.717) is 17.5 Å². The van der Waals surface area contributed by atoms with Gasteiger partial charge in [-0.05, 0) is 30.3 Å². The first kappa shape index (κ1) is 27.8. The minimum Gasteiger partial charge on any atom is -0.464 e. The SMILES string of the molecule is O=C(O)n1ccc2cc(Oc3cccc(-c4c5cccc(C(F)(F)F)c5nn4Cc4c(F)cc(F)cc4F)c3)c(F)cc21. The molecule has 6 rings (SSSR count). The zero-order chi connectivity index (χ0) is 30.6. The molecule has 0 radical (unpaired) electrons. The van der Waals surface area contributed by atoms with Gasteiger partial charge >= 0.3 is 12.3 Å². The average Bonchev–Trinajstić information content (AvgIpc) is 3.51. The number of carboxylic acid groups (broad SMARTS) is 1. The zero-order valence-corrected chi connectivity index (χ0v) is 21.5. The Morgan fingerprint density at radius 1 is 0.884 bits per heavy atom. The van der Waals surface area contributed by atoms with Gasteiger partial charge in [-0.25, -0.2) is 22.4 Å². The predicted molar refractivity (Wildman–Crippen MR) is 141 cm³/mol. The Kier molecular flexibility index (Phi) is 6.59. The molecule has 0 saturated heterocycles. The molecule has 0 saturated carbocycles. The third-order valence-corrected chi connectivity index (χ3v) is 6.77. The van der Waals surface area contributed by atoms with Gasteiger partial charge in [0, 0.05) is 46.3 Å². The van der Waals surface area contributed by atoms with Gasteiger partial charge in [0.05, 0.1) is 23.3 Å². The molecule has 0 unspecified atom stereocenters. The topological polar surface area (TPSA) is 69.3 Å². The maximum Gasteiger partial charge on any atom is 0.418 e. The maximum absolute atomic E-state index is 14.9. The summed E-state index contributed by atoms with van der Waals surface area (Å²) in [5, 5.41) is 13.7. The van der Waals surface area contributed by atoms with Crippen molar-refractivity contribution >= 4 is 27.9 Å². The first-order valence-electron chi connectivity index (χ1n) is 12.4. The largest absolute Gasteiger partial charge is 0.464 e. The lowest BCUT2D eigenvalue weighted by Crippen LogP contribution is -2.09. The van der Waals surface area contributed by atoms with E-state index >= 15 is 0 Å². The number of alkyl halides is 3. The number of carbonyl (C=O) groups is 1. The Morgan fingerprint density at radius 2 is 1.60 bits per heavy atom. The van der Waals surface area contributed by atoms with Crippen LogP contribution in [0, 0.1) is 23.3 Å². The number of nitrogens with zero attached hydrogens (tertiary/aromatic N) is 3. The molecule has 6 aromatic rings. The summed E-state index contributed by atoms with van der Waals surface area (Å²) in [7, 11) is 0. The van der Waals surface area contributed by atoms with Crippen LogP contribution in [-0.2, 0) is 12.7 Å². The van der Waals surface area contributed by atoms with Crippen molar-refractivity contribution in [2.75, 3.05) is 0 Å². The van der Waals surface area contributed by atoms with E-state index in [9.17, 15) is 40.6 Å². The van der Waals surface area contributed by atoms with Crippen LogP contribution in [0.2, 0.25) is 0 Å². The van der Waals surface area contributed by atoms with Gasteiger partial charge in [-0.3, -0.25) is 9.25 Å². The fraction of sp³-hybridized carbons (Fsp3) is 0.0667. The smallest absolute Gasteiger partial charge is 0.418 e. The van der Waals surface area contributed by atoms with Crippen molar-refractivity contribution in [3.05, 3.63) is 113 Å². The van der Waals surface area contributed by atoms with Crippen molar-refractivity contribution in [1.82, 2.24) is 14.3 Å². The monoisotopic (exact) mass is 599 g/mol. The molecule has 0 bridgehead atoms. The van der Waals surface area contributed by atoms with Gasteiger partial charge in [0.1, 0.15) is 28.7 Å². The minimum atomic E-state index is -4.80. The van der Waals surface area contributed by atoms with Crippen molar-refractivity contribution in [3.8, 4) is 22.8 Å². The molecule has 0 aliphatic carbocycles. The van der Waals surface area contributed by atoms with E-state index in [0.717, 1.165) is 27.4 Å². The highest BCUT2D eigenvalue weighted by Crippen LogP contribution is 2.39. The summed E-state index contributed by atoms with van der Waals surface area (Å²) in [6.07, 6.45) is -4.87. The Balaban J connectivity index is 1.47. The van der Waals surface area contributed by atoms with Crippen LogP contribution < -0.4 is 4.74 Å². The van der Waals surface area contributed by atoms with E-state index in [1.807, 2.05) is 0 Å². The summed E-state index contributed by atoms with van der Waals surface area (Å²) >= 11 is 0. The third-order valence-electron chi connectivity index (χ3n) is 6.77. The van der Waals surface area contributed by atoms with E-state index in [-0.39, 0.29) is 33.7 Å². The summed E-state index contributed by atoms with van der Waals surface area (Å²) in [5.41, 5.74) is -1.87. The van der Waals surface area contributed by atoms with Crippen LogP contribution in [0.4, 0.5) is 35.5 Å². The number of hydrogen-bond acceptors (Lipinski definition) is 3. The fourth-order valence-electron chi connectivity index (χ4n) is 4.89. The Labute approximate surface area is 236 Å². The van der Waals surface area contributed by atoms with E-state index in [1.165, 1.54) is 48.7 Å². The number of fused-ring (bicyclic) bond motifs is 2. The fourth-order valence-corrected chi connectivity index (χ4v) is 4.89. The summed E-state index contributed by atoms with van der Waals surface area (Å²) in [6, 6.07) is 13.7. The number of benzene rings is 4. The lowest BCUT2D eigenvalue weighted by molar-refractivity contribution is -0.136. The molecule has 0 fully saturated rings. The van der Waals surface area contributed by atoms with Crippen molar-refractivity contribution in [3.63, 3.8) is 0 Å². The maximum atomic E-state index is 14.9. The highest BCUT2D eigenvalue weighted by atomic mass is 19.4. The lowest BCUT2D eigenvalue weighted by Gasteiger charge is -2.12. The Hall–Kier alpha value is -5.33. The van der Waals surface area contributed by atoms with Crippen LogP contribution in [0.1, 0.15) is 11.1 Å². The van der Waals surface area contributed by atoms with Gasteiger partial charge in [0.2, 0.25) is 0 Å². The van der Waals surface area contributed by atoms with E-state index in [2.05, 4.69) is 5.10 Å². The quantitative estimate of drug-likeness (QED) is 0.202. The lowest BCUT2D eigenvalue weighted by atomic mass is 10.0. The van der Waals surface area contributed by atoms with Gasteiger partial charge in [0.15, 0.2) is 11.6 Å². The highest BCUT2D eigenvalue weighted by molar-refractivity contribution is 5.95. The molecular formula is C30H16F7N3O3. The van der Waals surface area contributed by atoms with E-state index in [1.54, 1.807) is 0 Å².